The van der Waals surface area contributed by atoms with Crippen LogP contribution >= 0.6 is 0 Å². The predicted octanol–water partition coefficient (Wildman–Crippen LogP) is 2.40. The molecule has 0 saturated heterocycles. The maximum atomic E-state index is 13.2. The van der Waals surface area contributed by atoms with E-state index in [1.807, 2.05) is 30.3 Å². The number of hydrogen-bond acceptors (Lipinski definition) is 4. The number of hydrogen-bond donors (Lipinski definition) is 1. The van der Waals surface area contributed by atoms with Crippen molar-refractivity contribution in [1.29, 1.82) is 0 Å². The van der Waals surface area contributed by atoms with Crippen LogP contribution < -0.4 is 9.64 Å². The van der Waals surface area contributed by atoms with E-state index in [1.54, 1.807) is 23.1 Å². The van der Waals surface area contributed by atoms with Gasteiger partial charge in [0, 0.05) is 6.54 Å². The van der Waals surface area contributed by atoms with Crippen LogP contribution in [-0.4, -0.2) is 47.5 Å². The fourth-order valence-corrected chi connectivity index (χ4v) is 4.05. The van der Waals surface area contributed by atoms with Crippen LogP contribution in [0.1, 0.15) is 30.0 Å². The lowest BCUT2D eigenvalue weighted by Gasteiger charge is -2.37. The van der Waals surface area contributed by atoms with Gasteiger partial charge >= 0.3 is 5.97 Å². The van der Waals surface area contributed by atoms with Gasteiger partial charge in [-0.3, -0.25) is 19.3 Å². The number of anilines is 1. The summed E-state index contributed by atoms with van der Waals surface area (Å²) in [5.41, 5.74) is 2.49. The number of para-hydroxylation sites is 2. The van der Waals surface area contributed by atoms with E-state index in [1.165, 1.54) is 4.90 Å². The van der Waals surface area contributed by atoms with Crippen LogP contribution in [0.4, 0.5) is 5.69 Å². The number of ether oxygens (including phenoxy) is 1. The monoisotopic (exact) mass is 394 g/mol. The molecule has 2 aromatic rings. The summed E-state index contributed by atoms with van der Waals surface area (Å²) in [5.74, 6) is -0.849. The molecule has 1 atom stereocenters. The lowest BCUT2D eigenvalue weighted by molar-refractivity contribution is -0.141. The first-order chi connectivity index (χ1) is 14.0. The van der Waals surface area contributed by atoms with Crippen molar-refractivity contribution in [3.8, 4) is 5.75 Å². The molecule has 0 spiro atoms. The average molecular weight is 394 g/mol. The van der Waals surface area contributed by atoms with Gasteiger partial charge in [0.25, 0.3) is 0 Å². The van der Waals surface area contributed by atoms with Crippen molar-refractivity contribution in [3.63, 3.8) is 0 Å². The molecule has 0 saturated carbocycles. The maximum absolute atomic E-state index is 13.2. The summed E-state index contributed by atoms with van der Waals surface area (Å²) in [6, 6.07) is 14.2. The minimum atomic E-state index is -0.964. The molecule has 2 amide bonds. The summed E-state index contributed by atoms with van der Waals surface area (Å²) in [4.78, 5) is 40.4. The molecule has 29 heavy (non-hydrogen) atoms. The molecule has 0 bridgehead atoms. The lowest BCUT2D eigenvalue weighted by Crippen LogP contribution is -2.47. The van der Waals surface area contributed by atoms with E-state index in [4.69, 9.17) is 4.74 Å². The molecule has 0 aliphatic carbocycles. The normalized spacial score (nSPS) is 18.3. The zero-order valence-electron chi connectivity index (χ0n) is 15.9. The number of carboxylic acids is 1. The SMILES string of the molecule is O=C(O)C[C@@H]1c2ccccc2CCN1C(=O)CN1C(=O)CCOc2ccccc21. The minimum Gasteiger partial charge on any atom is -0.491 e. The molecule has 2 aromatic carbocycles. The summed E-state index contributed by atoms with van der Waals surface area (Å²) in [6.45, 7) is 0.546. The average Bonchev–Trinajstić information content (AvgIpc) is 2.87. The van der Waals surface area contributed by atoms with Crippen LogP contribution in [0, 0.1) is 0 Å². The first-order valence-corrected chi connectivity index (χ1v) is 9.66. The van der Waals surface area contributed by atoms with Gasteiger partial charge in [-0.2, -0.15) is 0 Å². The first kappa shape index (κ1) is 19.0. The topological polar surface area (TPSA) is 87.2 Å². The Labute approximate surface area is 168 Å². The molecular formula is C22H22N2O5. The number of amides is 2. The van der Waals surface area contributed by atoms with Gasteiger partial charge in [-0.1, -0.05) is 36.4 Å². The molecular weight excluding hydrogens is 372 g/mol. The Morgan fingerprint density at radius 3 is 2.66 bits per heavy atom. The van der Waals surface area contributed by atoms with Crippen molar-refractivity contribution in [1.82, 2.24) is 4.90 Å². The van der Waals surface area contributed by atoms with E-state index in [2.05, 4.69) is 0 Å². The van der Waals surface area contributed by atoms with Gasteiger partial charge in [0.1, 0.15) is 12.3 Å². The van der Waals surface area contributed by atoms with Crippen molar-refractivity contribution in [2.24, 2.45) is 0 Å². The highest BCUT2D eigenvalue weighted by Crippen LogP contribution is 2.34. The molecule has 0 aromatic heterocycles. The smallest absolute Gasteiger partial charge is 0.305 e. The molecule has 2 aliphatic heterocycles. The Hall–Kier alpha value is -3.35. The van der Waals surface area contributed by atoms with Gasteiger partial charge in [-0.25, -0.2) is 0 Å². The van der Waals surface area contributed by atoms with Crippen molar-refractivity contribution >= 4 is 23.5 Å². The van der Waals surface area contributed by atoms with Crippen molar-refractivity contribution in [2.75, 3.05) is 24.6 Å². The standard InChI is InChI=1S/C22H22N2O5/c25-20-10-12-29-19-8-4-3-7-17(19)24(20)14-21(26)23-11-9-15-5-1-2-6-16(15)18(23)13-22(27)28/h1-8,18H,9-14H2,(H,27,28)/t18-/m1/s1. The molecule has 0 fully saturated rings. The van der Waals surface area contributed by atoms with Gasteiger partial charge in [0.05, 0.1) is 31.2 Å². The second-order valence-electron chi connectivity index (χ2n) is 7.20. The van der Waals surface area contributed by atoms with E-state index in [9.17, 15) is 19.5 Å². The van der Waals surface area contributed by atoms with Gasteiger partial charge < -0.3 is 14.7 Å². The fourth-order valence-electron chi connectivity index (χ4n) is 4.05. The second kappa shape index (κ2) is 7.95. The third-order valence-electron chi connectivity index (χ3n) is 5.42. The van der Waals surface area contributed by atoms with Gasteiger partial charge in [0.15, 0.2) is 0 Å². The zero-order valence-corrected chi connectivity index (χ0v) is 15.9. The Morgan fingerprint density at radius 2 is 1.83 bits per heavy atom. The maximum Gasteiger partial charge on any atom is 0.305 e. The number of aliphatic carboxylic acids is 1. The van der Waals surface area contributed by atoms with Crippen LogP contribution in [0.2, 0.25) is 0 Å². The summed E-state index contributed by atoms with van der Waals surface area (Å²) in [6.07, 6.45) is 0.672. The predicted molar refractivity (Wildman–Crippen MR) is 106 cm³/mol. The van der Waals surface area contributed by atoms with E-state index >= 15 is 0 Å². The van der Waals surface area contributed by atoms with Crippen LogP contribution in [-0.2, 0) is 20.8 Å². The first-order valence-electron chi connectivity index (χ1n) is 9.66. The number of fused-ring (bicyclic) bond motifs is 2. The fraction of sp³-hybridized carbons (Fsp3) is 0.318. The van der Waals surface area contributed by atoms with Gasteiger partial charge in [0.2, 0.25) is 11.8 Å². The minimum absolute atomic E-state index is 0.141. The highest BCUT2D eigenvalue weighted by atomic mass is 16.5. The Balaban J connectivity index is 1.62. The zero-order chi connectivity index (χ0) is 20.4. The number of benzene rings is 2. The summed E-state index contributed by atoms with van der Waals surface area (Å²) >= 11 is 0. The van der Waals surface area contributed by atoms with Crippen LogP contribution in [0.15, 0.2) is 48.5 Å². The Morgan fingerprint density at radius 1 is 1.07 bits per heavy atom. The van der Waals surface area contributed by atoms with Crippen molar-refractivity contribution in [2.45, 2.75) is 25.3 Å². The second-order valence-corrected chi connectivity index (χ2v) is 7.20. The molecule has 7 nitrogen and oxygen atoms in total. The molecule has 0 unspecified atom stereocenters. The van der Waals surface area contributed by atoms with E-state index in [-0.39, 0.29) is 37.8 Å². The van der Waals surface area contributed by atoms with Crippen LogP contribution in [0.5, 0.6) is 5.75 Å². The van der Waals surface area contributed by atoms with Crippen molar-refractivity contribution < 1.29 is 24.2 Å². The van der Waals surface area contributed by atoms with Crippen LogP contribution in [0.25, 0.3) is 0 Å². The molecule has 150 valence electrons. The van der Waals surface area contributed by atoms with Gasteiger partial charge in [-0.05, 0) is 29.7 Å². The largest absolute Gasteiger partial charge is 0.491 e. The molecule has 2 aliphatic rings. The van der Waals surface area contributed by atoms with Crippen LogP contribution in [0.3, 0.4) is 0 Å². The molecule has 7 heteroatoms. The van der Waals surface area contributed by atoms with Gasteiger partial charge in [-0.15, -0.1) is 0 Å². The highest BCUT2D eigenvalue weighted by molar-refractivity contribution is 6.00. The van der Waals surface area contributed by atoms with E-state index in [0.717, 1.165) is 11.1 Å². The number of carbonyl (C=O) groups excluding carboxylic acids is 2. The lowest BCUT2D eigenvalue weighted by atomic mass is 9.90. The van der Waals surface area contributed by atoms with Crippen molar-refractivity contribution in [3.05, 3.63) is 59.7 Å². The quantitative estimate of drug-likeness (QED) is 0.861. The summed E-state index contributed by atoms with van der Waals surface area (Å²) < 4.78 is 5.63. The Kier molecular flexibility index (Phi) is 5.20. The molecule has 2 heterocycles. The summed E-state index contributed by atoms with van der Waals surface area (Å²) in [7, 11) is 0. The number of rotatable bonds is 4. The third kappa shape index (κ3) is 3.81. The number of nitrogens with zero attached hydrogens (tertiary/aromatic N) is 2. The Bertz CT molecular complexity index is 958. The highest BCUT2D eigenvalue weighted by Gasteiger charge is 2.34. The summed E-state index contributed by atoms with van der Waals surface area (Å²) in [5, 5.41) is 9.40. The van der Waals surface area contributed by atoms with E-state index < -0.39 is 12.0 Å². The number of carbonyl (C=O) groups is 3. The van der Waals surface area contributed by atoms with E-state index in [0.29, 0.717) is 24.4 Å². The molecule has 1 N–H and O–H groups in total. The molecule has 4 rings (SSSR count). The third-order valence-corrected chi connectivity index (χ3v) is 5.42. The number of carboxylic acid groups (broad SMARTS) is 1. The molecule has 0 radical (unpaired) electrons.